The minimum atomic E-state index is -2.42. The molecule has 0 amide bonds. The van der Waals surface area contributed by atoms with Crippen LogP contribution in [-0.4, -0.2) is 13.0 Å². The zero-order valence-corrected chi connectivity index (χ0v) is 6.23. The van der Waals surface area contributed by atoms with Gasteiger partial charge in [0.05, 0.1) is 6.54 Å². The molecule has 1 aromatic carbocycles. The highest BCUT2D eigenvalue weighted by atomic mass is 19.3. The van der Waals surface area contributed by atoms with E-state index < -0.39 is 18.8 Å². The van der Waals surface area contributed by atoms with Gasteiger partial charge >= 0.3 is 0 Å². The monoisotopic (exact) mass is 175 g/mol. The maximum absolute atomic E-state index is 12.5. The van der Waals surface area contributed by atoms with Crippen LogP contribution in [0.4, 0.5) is 18.9 Å². The first-order valence-corrected chi connectivity index (χ1v) is 3.46. The van der Waals surface area contributed by atoms with Gasteiger partial charge in [0.15, 0.2) is 0 Å². The van der Waals surface area contributed by atoms with E-state index in [0.29, 0.717) is 5.69 Å². The quantitative estimate of drug-likeness (QED) is 0.744. The largest absolute Gasteiger partial charge is 0.379 e. The Hall–Kier alpha value is -1.19. The van der Waals surface area contributed by atoms with Gasteiger partial charge in [-0.15, -0.1) is 0 Å². The Balaban J connectivity index is 2.52. The lowest BCUT2D eigenvalue weighted by atomic mass is 10.3. The highest BCUT2D eigenvalue weighted by Crippen LogP contribution is 2.09. The molecule has 1 N–H and O–H groups in total. The molecule has 0 aliphatic carbocycles. The van der Waals surface area contributed by atoms with Crippen LogP contribution in [0, 0.1) is 5.82 Å². The minimum absolute atomic E-state index is 0.371. The Morgan fingerprint density at radius 1 is 1.33 bits per heavy atom. The van der Waals surface area contributed by atoms with Gasteiger partial charge in [-0.25, -0.2) is 13.2 Å². The molecule has 0 radical (unpaired) electrons. The topological polar surface area (TPSA) is 12.0 Å². The molecule has 0 fully saturated rings. The van der Waals surface area contributed by atoms with Gasteiger partial charge in [0.1, 0.15) is 5.82 Å². The van der Waals surface area contributed by atoms with E-state index >= 15 is 0 Å². The summed E-state index contributed by atoms with van der Waals surface area (Å²) in [6.07, 6.45) is -2.42. The molecule has 1 nitrogen and oxygen atoms in total. The molecule has 12 heavy (non-hydrogen) atoms. The van der Waals surface area contributed by atoms with Crippen molar-refractivity contribution < 1.29 is 13.2 Å². The second-order valence-electron chi connectivity index (χ2n) is 2.28. The Morgan fingerprint density at radius 3 is 2.67 bits per heavy atom. The van der Waals surface area contributed by atoms with E-state index in [4.69, 9.17) is 0 Å². The maximum atomic E-state index is 12.5. The summed E-state index contributed by atoms with van der Waals surface area (Å²) in [4.78, 5) is 0. The standard InChI is InChI=1S/C8H8F3N/c9-6-2-1-3-7(4-6)12-5-8(10)11/h1-4,8,12H,5H2. The SMILES string of the molecule is Fc1cccc(NCC(F)F)c1. The Kier molecular flexibility index (Phi) is 2.96. The van der Waals surface area contributed by atoms with Gasteiger partial charge in [-0.1, -0.05) is 6.07 Å². The molecule has 4 heteroatoms. The second-order valence-corrected chi connectivity index (χ2v) is 2.28. The van der Waals surface area contributed by atoms with Crippen molar-refractivity contribution in [3.05, 3.63) is 30.1 Å². The lowest BCUT2D eigenvalue weighted by Crippen LogP contribution is -2.09. The number of hydrogen-bond acceptors (Lipinski definition) is 1. The molecule has 1 aromatic rings. The van der Waals surface area contributed by atoms with Crippen LogP contribution in [0.25, 0.3) is 0 Å². The van der Waals surface area contributed by atoms with Crippen molar-refractivity contribution in [1.82, 2.24) is 0 Å². The first-order chi connectivity index (χ1) is 5.68. The lowest BCUT2D eigenvalue weighted by molar-refractivity contribution is 0.163. The van der Waals surface area contributed by atoms with Crippen LogP contribution in [0.1, 0.15) is 0 Å². The molecular formula is C8H8F3N. The fourth-order valence-electron chi connectivity index (χ4n) is 0.793. The molecule has 0 saturated heterocycles. The third-order valence-electron chi connectivity index (χ3n) is 1.29. The molecule has 0 atom stereocenters. The van der Waals surface area contributed by atoms with Gasteiger partial charge in [-0.3, -0.25) is 0 Å². The Labute approximate surface area is 68.2 Å². The number of nitrogens with one attached hydrogen (secondary N) is 1. The van der Waals surface area contributed by atoms with Crippen LogP contribution in [0.3, 0.4) is 0 Å². The summed E-state index contributed by atoms with van der Waals surface area (Å²) in [5, 5.41) is 2.39. The van der Waals surface area contributed by atoms with E-state index in [1.54, 1.807) is 0 Å². The maximum Gasteiger partial charge on any atom is 0.255 e. The first-order valence-electron chi connectivity index (χ1n) is 3.46. The van der Waals surface area contributed by atoms with Gasteiger partial charge in [-0.05, 0) is 18.2 Å². The summed E-state index contributed by atoms with van der Waals surface area (Å²) in [5.41, 5.74) is 0.371. The lowest BCUT2D eigenvalue weighted by Gasteiger charge is -2.04. The van der Waals surface area contributed by atoms with Crippen molar-refractivity contribution in [2.24, 2.45) is 0 Å². The summed E-state index contributed by atoms with van der Waals surface area (Å²) >= 11 is 0. The molecule has 0 aromatic heterocycles. The van der Waals surface area contributed by atoms with Crippen molar-refractivity contribution in [2.45, 2.75) is 6.43 Å². The predicted octanol–water partition coefficient (Wildman–Crippen LogP) is 2.50. The molecule has 66 valence electrons. The number of benzene rings is 1. The highest BCUT2D eigenvalue weighted by Gasteiger charge is 2.01. The number of anilines is 1. The zero-order chi connectivity index (χ0) is 8.97. The summed E-state index contributed by atoms with van der Waals surface area (Å²) in [6.45, 7) is -0.455. The van der Waals surface area contributed by atoms with Crippen molar-refractivity contribution >= 4 is 5.69 Å². The molecule has 1 rings (SSSR count). The number of rotatable bonds is 3. The van der Waals surface area contributed by atoms with Crippen LogP contribution >= 0.6 is 0 Å². The van der Waals surface area contributed by atoms with Crippen LogP contribution in [0.2, 0.25) is 0 Å². The van der Waals surface area contributed by atoms with E-state index in [-0.39, 0.29) is 0 Å². The van der Waals surface area contributed by atoms with E-state index in [0.717, 1.165) is 0 Å². The molecule has 0 spiro atoms. The first kappa shape index (κ1) is 8.90. The van der Waals surface area contributed by atoms with Crippen molar-refractivity contribution in [3.8, 4) is 0 Å². The van der Waals surface area contributed by atoms with Gasteiger partial charge in [0.2, 0.25) is 0 Å². The van der Waals surface area contributed by atoms with Gasteiger partial charge in [0, 0.05) is 5.69 Å². The van der Waals surface area contributed by atoms with Crippen molar-refractivity contribution in [3.63, 3.8) is 0 Å². The smallest absolute Gasteiger partial charge is 0.255 e. The normalized spacial score (nSPS) is 10.3. The average Bonchev–Trinajstić information content (AvgIpc) is 2.01. The minimum Gasteiger partial charge on any atom is -0.379 e. The van der Waals surface area contributed by atoms with Crippen LogP contribution < -0.4 is 5.32 Å². The highest BCUT2D eigenvalue weighted by molar-refractivity contribution is 5.42. The molecule has 0 aliphatic rings. The zero-order valence-electron chi connectivity index (χ0n) is 6.23. The fraction of sp³-hybridized carbons (Fsp3) is 0.250. The molecular weight excluding hydrogens is 167 g/mol. The van der Waals surface area contributed by atoms with Crippen molar-refractivity contribution in [2.75, 3.05) is 11.9 Å². The molecule has 0 unspecified atom stereocenters. The second kappa shape index (κ2) is 3.99. The summed E-state index contributed by atoms with van der Waals surface area (Å²) in [6, 6.07) is 5.42. The Bertz CT molecular complexity index is 250. The summed E-state index contributed by atoms with van der Waals surface area (Å²) < 4.78 is 35.8. The summed E-state index contributed by atoms with van der Waals surface area (Å²) in [5.74, 6) is -0.436. The van der Waals surface area contributed by atoms with Crippen LogP contribution in [0.5, 0.6) is 0 Å². The molecule has 0 saturated carbocycles. The van der Waals surface area contributed by atoms with Crippen LogP contribution in [0.15, 0.2) is 24.3 Å². The fourth-order valence-corrected chi connectivity index (χ4v) is 0.793. The van der Waals surface area contributed by atoms with Gasteiger partial charge in [0.25, 0.3) is 6.43 Å². The average molecular weight is 175 g/mol. The Morgan fingerprint density at radius 2 is 2.08 bits per heavy atom. The number of hydrogen-bond donors (Lipinski definition) is 1. The third kappa shape index (κ3) is 2.82. The van der Waals surface area contributed by atoms with E-state index in [1.807, 2.05) is 0 Å². The van der Waals surface area contributed by atoms with E-state index in [9.17, 15) is 13.2 Å². The molecule has 0 bridgehead atoms. The predicted molar refractivity (Wildman–Crippen MR) is 40.9 cm³/mol. The summed E-state index contributed by atoms with van der Waals surface area (Å²) in [7, 11) is 0. The van der Waals surface area contributed by atoms with Crippen LogP contribution in [-0.2, 0) is 0 Å². The number of alkyl halides is 2. The van der Waals surface area contributed by atoms with E-state index in [2.05, 4.69) is 5.32 Å². The molecule has 0 aliphatic heterocycles. The van der Waals surface area contributed by atoms with Crippen molar-refractivity contribution in [1.29, 1.82) is 0 Å². The van der Waals surface area contributed by atoms with Gasteiger partial charge in [-0.2, -0.15) is 0 Å². The van der Waals surface area contributed by atoms with E-state index in [1.165, 1.54) is 24.3 Å². The molecule has 0 heterocycles. The number of halogens is 3. The van der Waals surface area contributed by atoms with Gasteiger partial charge < -0.3 is 5.32 Å². The third-order valence-corrected chi connectivity index (χ3v) is 1.29.